The zero-order chi connectivity index (χ0) is 54.8. The van der Waals surface area contributed by atoms with Gasteiger partial charge in [-0.2, -0.15) is 0 Å². The maximum atomic E-state index is 14.8. The Hall–Kier alpha value is -5.10. The number of hydrogen-bond acceptors (Lipinski definition) is 10. The van der Waals surface area contributed by atoms with Gasteiger partial charge in [-0.1, -0.05) is 134 Å². The first-order valence-corrected chi connectivity index (χ1v) is 26.7. The van der Waals surface area contributed by atoms with Crippen molar-refractivity contribution in [3.05, 3.63) is 0 Å². The molecule has 1 aliphatic heterocycles. The van der Waals surface area contributed by atoms with Crippen molar-refractivity contribution >= 4 is 59.1 Å². The zero-order valence-corrected chi connectivity index (χ0v) is 45.6. The normalized spacial score (nSPS) is 24.1. The molecule has 1 heterocycles. The number of amides is 7. The SMILES string of the molecule is CC(C)CCCCCCCCCC1CC(=O)N[C@@H](CCC(=O)O)C(=O)N[C@@H](CC(C)C)C(=O)N[C@H](CC(C)C)C(=O)N[C@@H](C(C)C)C(=O)N[C@@H](CC(=O)O)C(=O)N[C@H](CC(C)C)C(=O)N[C@@H](CC(C)C)C1=O. The second kappa shape index (κ2) is 33.6. The average Bonchev–Trinajstić information content (AvgIpc) is 3.25. The molecule has 0 radical (unpaired) electrons. The summed E-state index contributed by atoms with van der Waals surface area (Å²) >= 11 is 0. The number of carbonyl (C=O) groups is 10. The molecule has 0 spiro atoms. The second-order valence-corrected chi connectivity index (χ2v) is 22.5. The van der Waals surface area contributed by atoms with Crippen LogP contribution in [-0.4, -0.2) is 112 Å². The van der Waals surface area contributed by atoms with Crippen molar-refractivity contribution < 1.29 is 58.2 Å². The first kappa shape index (κ1) is 64.9. The first-order chi connectivity index (χ1) is 33.6. The number of carboxylic acid groups (broad SMARTS) is 2. The van der Waals surface area contributed by atoms with Crippen molar-refractivity contribution in [1.29, 1.82) is 0 Å². The van der Waals surface area contributed by atoms with Gasteiger partial charge in [-0.3, -0.25) is 47.9 Å². The molecule has 1 saturated heterocycles. The van der Waals surface area contributed by atoms with Gasteiger partial charge >= 0.3 is 11.9 Å². The number of ketones is 1. The molecule has 8 atom stereocenters. The van der Waals surface area contributed by atoms with E-state index in [0.717, 1.165) is 38.5 Å². The number of unbranched alkanes of at least 4 members (excludes halogenated alkanes) is 6. The number of Topliss-reactive ketones (excluding diaryl/α,β-unsaturated/α-hetero) is 1. The lowest BCUT2D eigenvalue weighted by Gasteiger charge is -2.30. The fourth-order valence-corrected chi connectivity index (χ4v) is 8.82. The molecule has 9 N–H and O–H groups in total. The highest BCUT2D eigenvalue weighted by atomic mass is 16.4. The molecule has 0 aromatic heterocycles. The monoisotopic (exact) mass is 1020 g/mol. The van der Waals surface area contributed by atoms with Gasteiger partial charge in [0.1, 0.15) is 36.3 Å². The molecule has 19 heteroatoms. The molecule has 0 saturated carbocycles. The van der Waals surface area contributed by atoms with Gasteiger partial charge in [-0.05, 0) is 74.0 Å². The van der Waals surface area contributed by atoms with Crippen LogP contribution < -0.4 is 37.2 Å². The van der Waals surface area contributed by atoms with Gasteiger partial charge in [0.05, 0.1) is 12.5 Å². The summed E-state index contributed by atoms with van der Waals surface area (Å²) in [4.78, 5) is 138. The number of carbonyl (C=O) groups excluding carboxylic acids is 8. The molecular weight excluding hydrogens is 927 g/mol. The van der Waals surface area contributed by atoms with Crippen LogP contribution in [0.4, 0.5) is 0 Å². The number of nitrogens with one attached hydrogen (secondary N) is 7. The van der Waals surface area contributed by atoms with Crippen molar-refractivity contribution in [3.63, 3.8) is 0 Å². The fraction of sp³-hybridized carbons (Fsp3) is 0.811. The Balaban J connectivity index is 4.00. The van der Waals surface area contributed by atoms with Crippen molar-refractivity contribution in [1.82, 2.24) is 37.2 Å². The molecule has 19 nitrogen and oxygen atoms in total. The second-order valence-electron chi connectivity index (χ2n) is 22.5. The number of aliphatic carboxylic acids is 2. The highest BCUT2D eigenvalue weighted by Gasteiger charge is 2.38. The molecule has 1 aliphatic rings. The van der Waals surface area contributed by atoms with Crippen LogP contribution in [0.25, 0.3) is 0 Å². The van der Waals surface area contributed by atoms with E-state index in [9.17, 15) is 58.2 Å². The minimum atomic E-state index is -1.71. The molecule has 0 bridgehead atoms. The van der Waals surface area contributed by atoms with Crippen LogP contribution in [0.15, 0.2) is 0 Å². The van der Waals surface area contributed by atoms with E-state index in [1.807, 2.05) is 41.5 Å². The van der Waals surface area contributed by atoms with Crippen LogP contribution in [0.2, 0.25) is 0 Å². The lowest BCUT2D eigenvalue weighted by molar-refractivity contribution is -0.142. The van der Waals surface area contributed by atoms with Crippen LogP contribution in [0.1, 0.15) is 192 Å². The molecule has 7 amide bonds. The minimum absolute atomic E-state index is 0.0582. The lowest BCUT2D eigenvalue weighted by atomic mass is 9.86. The molecule has 72 heavy (non-hydrogen) atoms. The van der Waals surface area contributed by atoms with E-state index in [4.69, 9.17) is 0 Å². The van der Waals surface area contributed by atoms with Crippen LogP contribution >= 0.6 is 0 Å². The first-order valence-electron chi connectivity index (χ1n) is 26.7. The van der Waals surface area contributed by atoms with Crippen LogP contribution in [0, 0.1) is 41.4 Å². The average molecular weight is 1020 g/mol. The van der Waals surface area contributed by atoms with E-state index in [2.05, 4.69) is 51.1 Å². The van der Waals surface area contributed by atoms with Crippen LogP contribution in [-0.2, 0) is 47.9 Å². The van der Waals surface area contributed by atoms with Gasteiger partial charge in [-0.15, -0.1) is 0 Å². The van der Waals surface area contributed by atoms with Crippen molar-refractivity contribution in [2.45, 2.75) is 235 Å². The van der Waals surface area contributed by atoms with E-state index in [1.165, 1.54) is 6.42 Å². The highest BCUT2D eigenvalue weighted by Crippen LogP contribution is 2.23. The van der Waals surface area contributed by atoms with Gasteiger partial charge in [0, 0.05) is 18.8 Å². The molecule has 1 fully saturated rings. The summed E-state index contributed by atoms with van der Waals surface area (Å²) < 4.78 is 0. The van der Waals surface area contributed by atoms with Crippen molar-refractivity contribution in [2.24, 2.45) is 41.4 Å². The molecular formula is C53H93N7O12. The molecule has 0 aliphatic carbocycles. The van der Waals surface area contributed by atoms with E-state index in [0.29, 0.717) is 12.3 Å². The predicted octanol–water partition coefficient (Wildman–Crippen LogP) is 5.32. The molecule has 1 rings (SSSR count). The molecule has 412 valence electrons. The minimum Gasteiger partial charge on any atom is -0.481 e. The largest absolute Gasteiger partial charge is 0.481 e. The third-order valence-electron chi connectivity index (χ3n) is 12.6. The van der Waals surface area contributed by atoms with E-state index < -0.39 is 132 Å². The highest BCUT2D eigenvalue weighted by molar-refractivity contribution is 5.99. The van der Waals surface area contributed by atoms with E-state index in [1.54, 1.807) is 27.7 Å². The summed E-state index contributed by atoms with van der Waals surface area (Å²) in [6.07, 6.45) is 6.25. The van der Waals surface area contributed by atoms with Crippen molar-refractivity contribution in [2.75, 3.05) is 0 Å². The third-order valence-corrected chi connectivity index (χ3v) is 12.6. The van der Waals surface area contributed by atoms with E-state index >= 15 is 0 Å². The Labute approximate surface area is 429 Å². The van der Waals surface area contributed by atoms with Gasteiger partial charge in [0.2, 0.25) is 41.4 Å². The summed E-state index contributed by atoms with van der Waals surface area (Å²) in [6.45, 7) is 22.2. The predicted molar refractivity (Wildman–Crippen MR) is 275 cm³/mol. The van der Waals surface area contributed by atoms with Crippen LogP contribution in [0.3, 0.4) is 0 Å². The molecule has 0 aromatic carbocycles. The topological polar surface area (TPSA) is 295 Å². The Morgan fingerprint density at radius 2 is 0.819 bits per heavy atom. The quantitative estimate of drug-likeness (QED) is 0.0556. The summed E-state index contributed by atoms with van der Waals surface area (Å²) in [6, 6.07) is -9.43. The maximum Gasteiger partial charge on any atom is 0.305 e. The smallest absolute Gasteiger partial charge is 0.305 e. The lowest BCUT2D eigenvalue weighted by Crippen LogP contribution is -2.61. The Bertz CT molecular complexity index is 1780. The summed E-state index contributed by atoms with van der Waals surface area (Å²) in [5, 5.41) is 38.2. The summed E-state index contributed by atoms with van der Waals surface area (Å²) in [5.74, 6) is -10.5. The van der Waals surface area contributed by atoms with Gasteiger partial charge in [0.25, 0.3) is 0 Å². The Morgan fingerprint density at radius 1 is 0.431 bits per heavy atom. The summed E-state index contributed by atoms with van der Waals surface area (Å²) in [5.41, 5.74) is 0. The Kier molecular flexibility index (Phi) is 30.3. The number of rotatable bonds is 24. The third kappa shape index (κ3) is 26.6. The molecule has 0 aromatic rings. The van der Waals surface area contributed by atoms with Gasteiger partial charge in [-0.25, -0.2) is 0 Å². The van der Waals surface area contributed by atoms with Crippen LogP contribution in [0.5, 0.6) is 0 Å². The van der Waals surface area contributed by atoms with E-state index in [-0.39, 0.29) is 62.2 Å². The maximum absolute atomic E-state index is 14.8. The fourth-order valence-electron chi connectivity index (χ4n) is 8.82. The zero-order valence-electron chi connectivity index (χ0n) is 45.6. The molecule has 1 unspecified atom stereocenters. The number of carboxylic acids is 2. The standard InChI is InChI=1S/C53H93N7O12/c1-30(2)20-18-16-14-13-15-17-19-21-36-28-43(61)54-37(22-23-44(62)63)48(67)56-40(26-33(7)8)50(69)58-41(27-34(9)10)52(71)60-46(35(11)12)53(72)59-42(29-45(64)65)51(70)57-39(25-32(5)6)49(68)55-38(47(36)66)24-31(3)4/h30-42,46H,13-29H2,1-12H3,(H,54,61)(H,55,68)(H,56,67)(H,57,70)(H,58,69)(H,59,72)(H,60,71)(H,62,63)(H,64,65)/t36?,37-,38-,39+,40-,41+,42-,46-/m0/s1. The summed E-state index contributed by atoms with van der Waals surface area (Å²) in [7, 11) is 0. The Morgan fingerprint density at radius 3 is 1.25 bits per heavy atom. The van der Waals surface area contributed by atoms with Gasteiger partial charge < -0.3 is 47.4 Å². The van der Waals surface area contributed by atoms with Crippen molar-refractivity contribution in [3.8, 4) is 0 Å². The van der Waals surface area contributed by atoms with Gasteiger partial charge in [0.15, 0.2) is 5.78 Å². The number of hydrogen-bond donors (Lipinski definition) is 9.